The number of carboxylic acid groups (broad SMARTS) is 1. The standard InChI is InChI=1S/C19H20N2O5S/c1-13(22)20-15-9-7-14(8-10-15)18(23)21-17(19(24)25)11-12-27(26)16-5-3-2-4-6-16/h2-10,17H,11-12H2,1H3,(H,20,22)(H,21,23)(H,24,25)/t17-,27+/m1/s1. The molecule has 0 aliphatic rings. The number of hydrogen-bond donors (Lipinski definition) is 3. The van der Waals surface area contributed by atoms with Gasteiger partial charge in [0, 0.05) is 28.8 Å². The van der Waals surface area contributed by atoms with Crippen molar-refractivity contribution in [2.45, 2.75) is 24.3 Å². The van der Waals surface area contributed by atoms with E-state index in [0.717, 1.165) is 0 Å². The largest absolute Gasteiger partial charge is 0.480 e. The van der Waals surface area contributed by atoms with E-state index in [9.17, 15) is 23.7 Å². The lowest BCUT2D eigenvalue weighted by molar-refractivity contribution is -0.139. The summed E-state index contributed by atoms with van der Waals surface area (Å²) in [6.45, 7) is 1.37. The second-order valence-corrected chi connectivity index (χ2v) is 7.34. The molecular formula is C19H20N2O5S. The van der Waals surface area contributed by atoms with Crippen molar-refractivity contribution >= 4 is 34.3 Å². The van der Waals surface area contributed by atoms with Gasteiger partial charge >= 0.3 is 5.97 Å². The van der Waals surface area contributed by atoms with Gasteiger partial charge in [-0.25, -0.2) is 4.79 Å². The molecule has 2 atom stereocenters. The number of anilines is 1. The van der Waals surface area contributed by atoms with Crippen LogP contribution in [-0.2, 0) is 20.4 Å². The monoisotopic (exact) mass is 388 g/mol. The molecule has 0 saturated heterocycles. The number of benzene rings is 2. The number of aliphatic carboxylic acids is 1. The molecule has 142 valence electrons. The highest BCUT2D eigenvalue weighted by Crippen LogP contribution is 2.11. The number of hydrogen-bond acceptors (Lipinski definition) is 4. The molecule has 3 N–H and O–H groups in total. The summed E-state index contributed by atoms with van der Waals surface area (Å²) in [7, 11) is -1.34. The highest BCUT2D eigenvalue weighted by atomic mass is 32.2. The molecule has 0 aromatic heterocycles. The molecule has 0 fully saturated rings. The van der Waals surface area contributed by atoms with Crippen molar-refractivity contribution in [2.24, 2.45) is 0 Å². The summed E-state index contributed by atoms with van der Waals surface area (Å²) in [4.78, 5) is 35.3. The fraction of sp³-hybridized carbons (Fsp3) is 0.211. The SMILES string of the molecule is CC(=O)Nc1ccc(C(=O)N[C@H](CC[S@](=O)c2ccccc2)C(=O)O)cc1. The van der Waals surface area contributed by atoms with Crippen LogP contribution in [0.5, 0.6) is 0 Å². The number of nitrogens with one attached hydrogen (secondary N) is 2. The van der Waals surface area contributed by atoms with Gasteiger partial charge in [-0.2, -0.15) is 0 Å². The first-order valence-electron chi connectivity index (χ1n) is 8.21. The molecule has 0 heterocycles. The van der Waals surface area contributed by atoms with Crippen molar-refractivity contribution in [2.75, 3.05) is 11.1 Å². The van der Waals surface area contributed by atoms with Crippen LogP contribution in [0.2, 0.25) is 0 Å². The summed E-state index contributed by atoms with van der Waals surface area (Å²) in [5.41, 5.74) is 0.798. The Morgan fingerprint density at radius 2 is 1.67 bits per heavy atom. The van der Waals surface area contributed by atoms with Gasteiger partial charge in [-0.05, 0) is 42.8 Å². The van der Waals surface area contributed by atoms with E-state index >= 15 is 0 Å². The van der Waals surface area contributed by atoms with Crippen LogP contribution < -0.4 is 10.6 Å². The van der Waals surface area contributed by atoms with Crippen LogP contribution in [-0.4, -0.2) is 38.9 Å². The molecule has 2 aromatic rings. The first-order valence-corrected chi connectivity index (χ1v) is 9.53. The van der Waals surface area contributed by atoms with Gasteiger partial charge in [0.1, 0.15) is 6.04 Å². The van der Waals surface area contributed by atoms with Crippen molar-refractivity contribution in [3.05, 3.63) is 60.2 Å². The molecule has 2 amide bonds. The van der Waals surface area contributed by atoms with Gasteiger partial charge in [0.2, 0.25) is 5.91 Å². The number of carbonyl (C=O) groups excluding carboxylic acids is 2. The average Bonchev–Trinajstić information content (AvgIpc) is 2.65. The summed E-state index contributed by atoms with van der Waals surface area (Å²) >= 11 is 0. The van der Waals surface area contributed by atoms with Crippen LogP contribution >= 0.6 is 0 Å². The lowest BCUT2D eigenvalue weighted by Crippen LogP contribution is -2.41. The molecule has 2 aromatic carbocycles. The first-order chi connectivity index (χ1) is 12.9. The fourth-order valence-corrected chi connectivity index (χ4v) is 3.47. The van der Waals surface area contributed by atoms with Gasteiger partial charge in [0.25, 0.3) is 5.91 Å². The van der Waals surface area contributed by atoms with E-state index in [1.54, 1.807) is 42.5 Å². The maximum atomic E-state index is 12.3. The maximum Gasteiger partial charge on any atom is 0.326 e. The van der Waals surface area contributed by atoms with Crippen LogP contribution in [0.15, 0.2) is 59.5 Å². The zero-order chi connectivity index (χ0) is 19.8. The third kappa shape index (κ3) is 6.34. The van der Waals surface area contributed by atoms with Crippen LogP contribution in [0, 0.1) is 0 Å². The van der Waals surface area contributed by atoms with Crippen molar-refractivity contribution in [1.82, 2.24) is 5.32 Å². The molecule has 0 aliphatic carbocycles. The molecule has 8 heteroatoms. The van der Waals surface area contributed by atoms with Gasteiger partial charge < -0.3 is 15.7 Å². The minimum absolute atomic E-state index is 0.0343. The fourth-order valence-electron chi connectivity index (χ4n) is 2.32. The van der Waals surface area contributed by atoms with E-state index in [1.165, 1.54) is 19.1 Å². The molecule has 0 saturated carbocycles. The molecule has 0 aliphatic heterocycles. The van der Waals surface area contributed by atoms with Crippen molar-refractivity contribution in [3.63, 3.8) is 0 Å². The van der Waals surface area contributed by atoms with E-state index in [4.69, 9.17) is 0 Å². The van der Waals surface area contributed by atoms with E-state index in [1.807, 2.05) is 0 Å². The van der Waals surface area contributed by atoms with Gasteiger partial charge in [-0.15, -0.1) is 0 Å². The van der Waals surface area contributed by atoms with Gasteiger partial charge in [-0.1, -0.05) is 18.2 Å². The summed E-state index contributed by atoms with van der Waals surface area (Å²) in [6.07, 6.45) is 0.0343. The number of carboxylic acids is 1. The molecule has 7 nitrogen and oxygen atoms in total. The van der Waals surface area contributed by atoms with Gasteiger partial charge in [-0.3, -0.25) is 13.8 Å². The molecule has 0 radical (unpaired) electrons. The quantitative estimate of drug-likeness (QED) is 0.640. The smallest absolute Gasteiger partial charge is 0.326 e. The molecule has 2 rings (SSSR count). The Kier molecular flexibility index (Phi) is 7.25. The highest BCUT2D eigenvalue weighted by Gasteiger charge is 2.21. The summed E-state index contributed by atoms with van der Waals surface area (Å²) < 4.78 is 12.2. The Morgan fingerprint density at radius 1 is 1.04 bits per heavy atom. The van der Waals surface area contributed by atoms with Crippen molar-refractivity contribution in [3.8, 4) is 0 Å². The van der Waals surface area contributed by atoms with Gasteiger partial charge in [0.05, 0.1) is 10.8 Å². The van der Waals surface area contributed by atoms with Crippen molar-refractivity contribution < 1.29 is 23.7 Å². The Hall–Kier alpha value is -3.00. The third-order valence-electron chi connectivity index (χ3n) is 3.67. The van der Waals surface area contributed by atoms with Crippen LogP contribution in [0.25, 0.3) is 0 Å². The van der Waals surface area contributed by atoms with E-state index in [0.29, 0.717) is 10.6 Å². The Morgan fingerprint density at radius 3 is 2.22 bits per heavy atom. The van der Waals surface area contributed by atoms with Crippen LogP contribution in [0.1, 0.15) is 23.7 Å². The third-order valence-corrected chi connectivity index (χ3v) is 5.07. The molecule has 27 heavy (non-hydrogen) atoms. The van der Waals surface area contributed by atoms with E-state index < -0.39 is 28.7 Å². The summed E-state index contributed by atoms with van der Waals surface area (Å²) in [6, 6.07) is 13.7. The summed E-state index contributed by atoms with van der Waals surface area (Å²) in [5, 5.41) is 14.4. The first kappa shape index (κ1) is 20.3. The number of rotatable bonds is 8. The van der Waals surface area contributed by atoms with E-state index in [2.05, 4.69) is 10.6 Å². The van der Waals surface area contributed by atoms with E-state index in [-0.39, 0.29) is 23.6 Å². The predicted octanol–water partition coefficient (Wildman–Crippen LogP) is 2.03. The molecule has 0 bridgehead atoms. The Labute approximate surface area is 159 Å². The maximum absolute atomic E-state index is 12.3. The zero-order valence-corrected chi connectivity index (χ0v) is 15.5. The lowest BCUT2D eigenvalue weighted by atomic mass is 10.1. The number of carbonyl (C=O) groups is 3. The topological polar surface area (TPSA) is 113 Å². The van der Waals surface area contributed by atoms with Crippen LogP contribution in [0.4, 0.5) is 5.69 Å². The average molecular weight is 388 g/mol. The molecule has 0 unspecified atom stereocenters. The minimum Gasteiger partial charge on any atom is -0.480 e. The molecule has 0 spiro atoms. The normalized spacial score (nSPS) is 12.6. The van der Waals surface area contributed by atoms with Crippen LogP contribution in [0.3, 0.4) is 0 Å². The second kappa shape index (κ2) is 9.63. The zero-order valence-electron chi connectivity index (χ0n) is 14.7. The Balaban J connectivity index is 1.96. The minimum atomic E-state index is -1.34. The van der Waals surface area contributed by atoms with Crippen molar-refractivity contribution in [1.29, 1.82) is 0 Å². The predicted molar refractivity (Wildman–Crippen MR) is 102 cm³/mol. The second-order valence-electron chi connectivity index (χ2n) is 5.77. The number of amides is 2. The van der Waals surface area contributed by atoms with Gasteiger partial charge in [0.15, 0.2) is 0 Å². The lowest BCUT2D eigenvalue weighted by Gasteiger charge is -2.14. The Bertz CT molecular complexity index is 837. The summed E-state index contributed by atoms with van der Waals surface area (Å²) in [5.74, 6) is -1.86. The molecular weight excluding hydrogens is 368 g/mol. The highest BCUT2D eigenvalue weighted by molar-refractivity contribution is 7.85.